The van der Waals surface area contributed by atoms with E-state index in [0.29, 0.717) is 24.5 Å². The number of hydrogen-bond acceptors (Lipinski definition) is 4. The molecular formula is C14H20N2O3. The SMILES string of the molecule is CCCN=C(NC(=O)c1ccc(OC)cc1)OCC. The number of hydrogen-bond donors (Lipinski definition) is 1. The Labute approximate surface area is 113 Å². The minimum atomic E-state index is -0.244. The van der Waals surface area contributed by atoms with Crippen LogP contribution in [0.1, 0.15) is 30.6 Å². The minimum absolute atomic E-state index is 0.244. The van der Waals surface area contributed by atoms with Gasteiger partial charge in [0.1, 0.15) is 5.75 Å². The quantitative estimate of drug-likeness (QED) is 0.655. The van der Waals surface area contributed by atoms with E-state index in [-0.39, 0.29) is 11.9 Å². The van der Waals surface area contributed by atoms with Gasteiger partial charge in [-0.05, 0) is 37.6 Å². The largest absolute Gasteiger partial charge is 0.497 e. The van der Waals surface area contributed by atoms with Crippen molar-refractivity contribution in [1.29, 1.82) is 0 Å². The number of rotatable bonds is 5. The lowest BCUT2D eigenvalue weighted by atomic mass is 10.2. The second-order valence-electron chi connectivity index (χ2n) is 3.80. The summed E-state index contributed by atoms with van der Waals surface area (Å²) in [6.07, 6.45) is 0.898. The molecule has 0 aliphatic carbocycles. The maximum absolute atomic E-state index is 12.0. The van der Waals surface area contributed by atoms with Crippen LogP contribution in [0, 0.1) is 0 Å². The highest BCUT2D eigenvalue weighted by Gasteiger charge is 2.09. The number of nitrogens with zero attached hydrogens (tertiary/aromatic N) is 1. The molecule has 0 unspecified atom stereocenters. The van der Waals surface area contributed by atoms with Crippen molar-refractivity contribution in [2.75, 3.05) is 20.3 Å². The number of benzene rings is 1. The van der Waals surface area contributed by atoms with Crippen molar-refractivity contribution in [2.45, 2.75) is 20.3 Å². The van der Waals surface area contributed by atoms with Gasteiger partial charge in [0.15, 0.2) is 0 Å². The van der Waals surface area contributed by atoms with Gasteiger partial charge in [-0.1, -0.05) is 6.92 Å². The molecular weight excluding hydrogens is 244 g/mol. The molecule has 1 amide bonds. The monoisotopic (exact) mass is 264 g/mol. The smallest absolute Gasteiger partial charge is 0.291 e. The summed E-state index contributed by atoms with van der Waals surface area (Å²) in [6, 6.07) is 7.12. The molecule has 19 heavy (non-hydrogen) atoms. The standard InChI is InChI=1S/C14H20N2O3/c1-4-10-15-14(19-5-2)16-13(17)11-6-8-12(18-3)9-7-11/h6-9H,4-5,10H2,1-3H3,(H,15,16,17). The lowest BCUT2D eigenvalue weighted by Crippen LogP contribution is -2.32. The van der Waals surface area contributed by atoms with E-state index in [1.165, 1.54) is 0 Å². The third-order valence-corrected chi connectivity index (χ3v) is 2.33. The van der Waals surface area contributed by atoms with Crippen LogP contribution in [-0.4, -0.2) is 32.2 Å². The number of amides is 1. The van der Waals surface area contributed by atoms with E-state index < -0.39 is 0 Å². The first-order chi connectivity index (χ1) is 9.21. The molecule has 0 saturated heterocycles. The predicted molar refractivity (Wildman–Crippen MR) is 74.7 cm³/mol. The number of carbonyl (C=O) groups is 1. The van der Waals surface area contributed by atoms with E-state index in [4.69, 9.17) is 9.47 Å². The highest BCUT2D eigenvalue weighted by atomic mass is 16.5. The molecule has 0 aromatic heterocycles. The van der Waals surface area contributed by atoms with Gasteiger partial charge in [-0.3, -0.25) is 10.1 Å². The summed E-state index contributed by atoms with van der Waals surface area (Å²) < 4.78 is 10.3. The molecule has 1 rings (SSSR count). The number of nitrogens with one attached hydrogen (secondary N) is 1. The van der Waals surface area contributed by atoms with Crippen molar-refractivity contribution in [2.24, 2.45) is 4.99 Å². The van der Waals surface area contributed by atoms with Crippen molar-refractivity contribution in [1.82, 2.24) is 5.32 Å². The molecule has 5 nitrogen and oxygen atoms in total. The van der Waals surface area contributed by atoms with Gasteiger partial charge in [-0.15, -0.1) is 0 Å². The Morgan fingerprint density at radius 1 is 1.26 bits per heavy atom. The van der Waals surface area contributed by atoms with Gasteiger partial charge in [0.05, 0.1) is 13.7 Å². The zero-order chi connectivity index (χ0) is 14.1. The Kier molecular flexibility index (Phi) is 6.43. The summed E-state index contributed by atoms with van der Waals surface area (Å²) in [5.74, 6) is 0.465. The van der Waals surface area contributed by atoms with Crippen molar-refractivity contribution in [3.8, 4) is 5.75 Å². The third-order valence-electron chi connectivity index (χ3n) is 2.33. The highest BCUT2D eigenvalue weighted by molar-refractivity contribution is 6.04. The Morgan fingerprint density at radius 3 is 2.47 bits per heavy atom. The van der Waals surface area contributed by atoms with Crippen LogP contribution in [0.25, 0.3) is 0 Å². The van der Waals surface area contributed by atoms with Gasteiger partial charge in [-0.25, -0.2) is 4.99 Å². The van der Waals surface area contributed by atoms with Crippen LogP contribution in [0.4, 0.5) is 0 Å². The molecule has 0 spiro atoms. The van der Waals surface area contributed by atoms with Crippen LogP contribution < -0.4 is 10.1 Å². The Balaban J connectivity index is 2.69. The summed E-state index contributed by atoms with van der Waals surface area (Å²) in [4.78, 5) is 16.1. The van der Waals surface area contributed by atoms with Gasteiger partial charge >= 0.3 is 0 Å². The average molecular weight is 264 g/mol. The van der Waals surface area contributed by atoms with E-state index >= 15 is 0 Å². The summed E-state index contributed by atoms with van der Waals surface area (Å²) in [5.41, 5.74) is 0.532. The van der Waals surface area contributed by atoms with E-state index in [1.54, 1.807) is 31.4 Å². The van der Waals surface area contributed by atoms with Crippen molar-refractivity contribution < 1.29 is 14.3 Å². The van der Waals surface area contributed by atoms with E-state index in [2.05, 4.69) is 10.3 Å². The molecule has 0 radical (unpaired) electrons. The van der Waals surface area contributed by atoms with Gasteiger partial charge in [0, 0.05) is 12.1 Å². The highest BCUT2D eigenvalue weighted by Crippen LogP contribution is 2.11. The Bertz CT molecular complexity index is 427. The lowest BCUT2D eigenvalue weighted by Gasteiger charge is -2.09. The second-order valence-corrected chi connectivity index (χ2v) is 3.80. The summed E-state index contributed by atoms with van der Waals surface area (Å²) in [5, 5.41) is 2.65. The third kappa shape index (κ3) is 4.99. The van der Waals surface area contributed by atoms with Gasteiger partial charge in [-0.2, -0.15) is 0 Å². The summed E-state index contributed by atoms with van der Waals surface area (Å²) in [6.45, 7) is 4.95. The van der Waals surface area contributed by atoms with Gasteiger partial charge < -0.3 is 9.47 Å². The van der Waals surface area contributed by atoms with Crippen LogP contribution in [-0.2, 0) is 4.74 Å². The first-order valence-electron chi connectivity index (χ1n) is 6.33. The molecule has 0 bridgehead atoms. The Hall–Kier alpha value is -2.04. The van der Waals surface area contributed by atoms with Crippen LogP contribution in [0.5, 0.6) is 5.75 Å². The number of methoxy groups -OCH3 is 1. The normalized spacial score (nSPS) is 11.0. The molecule has 0 heterocycles. The molecule has 5 heteroatoms. The fourth-order valence-electron chi connectivity index (χ4n) is 1.38. The van der Waals surface area contributed by atoms with Crippen molar-refractivity contribution in [3.63, 3.8) is 0 Å². The molecule has 0 aliphatic heterocycles. The average Bonchev–Trinajstić information content (AvgIpc) is 2.45. The molecule has 0 atom stereocenters. The summed E-state index contributed by atoms with van der Waals surface area (Å²) >= 11 is 0. The molecule has 1 aromatic rings. The Morgan fingerprint density at radius 2 is 1.95 bits per heavy atom. The second kappa shape index (κ2) is 8.13. The van der Waals surface area contributed by atoms with Crippen LogP contribution in [0.3, 0.4) is 0 Å². The molecule has 1 aromatic carbocycles. The zero-order valence-electron chi connectivity index (χ0n) is 11.6. The van der Waals surface area contributed by atoms with E-state index in [0.717, 1.165) is 6.42 Å². The van der Waals surface area contributed by atoms with Crippen LogP contribution in [0.2, 0.25) is 0 Å². The van der Waals surface area contributed by atoms with Crippen LogP contribution >= 0.6 is 0 Å². The fourth-order valence-corrected chi connectivity index (χ4v) is 1.38. The van der Waals surface area contributed by atoms with Gasteiger partial charge in [0.25, 0.3) is 11.9 Å². The van der Waals surface area contributed by atoms with Gasteiger partial charge in [0.2, 0.25) is 0 Å². The molecule has 1 N–H and O–H groups in total. The van der Waals surface area contributed by atoms with Crippen LogP contribution in [0.15, 0.2) is 29.3 Å². The summed E-state index contributed by atoms with van der Waals surface area (Å²) in [7, 11) is 1.58. The number of carbonyl (C=O) groups excluding carboxylic acids is 1. The van der Waals surface area contributed by atoms with Crippen molar-refractivity contribution in [3.05, 3.63) is 29.8 Å². The topological polar surface area (TPSA) is 59.9 Å². The zero-order valence-corrected chi connectivity index (χ0v) is 11.6. The molecule has 104 valence electrons. The maximum atomic E-state index is 12.0. The number of ether oxygens (including phenoxy) is 2. The minimum Gasteiger partial charge on any atom is -0.497 e. The fraction of sp³-hybridized carbons (Fsp3) is 0.429. The molecule has 0 saturated carbocycles. The number of aliphatic imine (C=N–C) groups is 1. The maximum Gasteiger partial charge on any atom is 0.291 e. The molecule has 0 fully saturated rings. The first kappa shape index (κ1) is 15.0. The molecule has 0 aliphatic rings. The first-order valence-corrected chi connectivity index (χ1v) is 6.33. The van der Waals surface area contributed by atoms with E-state index in [9.17, 15) is 4.79 Å². The van der Waals surface area contributed by atoms with E-state index in [1.807, 2.05) is 13.8 Å². The number of amidine groups is 1. The predicted octanol–water partition coefficient (Wildman–Crippen LogP) is 2.23. The lowest BCUT2D eigenvalue weighted by molar-refractivity contribution is 0.0966. The van der Waals surface area contributed by atoms with Crippen molar-refractivity contribution >= 4 is 11.9 Å².